The molecular formula is C15H22N2O3. The molecule has 2 aliphatic rings. The summed E-state index contributed by atoms with van der Waals surface area (Å²) in [6.07, 6.45) is 2.62. The van der Waals surface area contributed by atoms with E-state index in [9.17, 15) is 4.79 Å². The first-order chi connectivity index (χ1) is 9.69. The van der Waals surface area contributed by atoms with E-state index in [-0.39, 0.29) is 11.8 Å². The molecule has 0 N–H and O–H groups in total. The average Bonchev–Trinajstić information content (AvgIpc) is 3.13. The Labute approximate surface area is 119 Å². The first-order valence-corrected chi connectivity index (χ1v) is 7.35. The Kier molecular flexibility index (Phi) is 3.81. The van der Waals surface area contributed by atoms with Crippen LogP contribution in [0, 0.1) is 0 Å². The van der Waals surface area contributed by atoms with Gasteiger partial charge >= 0.3 is 5.97 Å². The fourth-order valence-corrected chi connectivity index (χ4v) is 3.33. The molecule has 2 fully saturated rings. The number of furan rings is 1. The summed E-state index contributed by atoms with van der Waals surface area (Å²) in [6.45, 7) is 6.69. The zero-order chi connectivity index (χ0) is 14.1. The van der Waals surface area contributed by atoms with Crippen LogP contribution in [0.3, 0.4) is 0 Å². The highest BCUT2D eigenvalue weighted by molar-refractivity contribution is 5.86. The number of nitrogens with zero attached hydrogens (tertiary/aromatic N) is 2. The smallest absolute Gasteiger partial charge is 0.373 e. The van der Waals surface area contributed by atoms with E-state index in [0.29, 0.717) is 6.04 Å². The van der Waals surface area contributed by atoms with Crippen LogP contribution in [0.15, 0.2) is 16.5 Å². The van der Waals surface area contributed by atoms with Crippen LogP contribution in [0.4, 0.5) is 0 Å². The number of rotatable bonds is 3. The summed E-state index contributed by atoms with van der Waals surface area (Å²) in [4.78, 5) is 16.5. The molecule has 2 aliphatic heterocycles. The van der Waals surface area contributed by atoms with Crippen LogP contribution >= 0.6 is 0 Å². The van der Waals surface area contributed by atoms with Gasteiger partial charge in [-0.05, 0) is 38.4 Å². The molecule has 0 saturated carbocycles. The largest absolute Gasteiger partial charge is 0.463 e. The van der Waals surface area contributed by atoms with Gasteiger partial charge in [0.2, 0.25) is 5.76 Å². The van der Waals surface area contributed by atoms with E-state index >= 15 is 0 Å². The van der Waals surface area contributed by atoms with Crippen molar-refractivity contribution < 1.29 is 13.9 Å². The minimum atomic E-state index is -0.413. The molecule has 3 heterocycles. The second kappa shape index (κ2) is 5.58. The van der Waals surface area contributed by atoms with E-state index in [0.717, 1.165) is 25.4 Å². The zero-order valence-corrected chi connectivity index (χ0v) is 12.2. The van der Waals surface area contributed by atoms with Crippen molar-refractivity contribution in [2.24, 2.45) is 0 Å². The summed E-state index contributed by atoms with van der Waals surface area (Å²) < 4.78 is 10.3. The number of esters is 1. The predicted octanol–water partition coefficient (Wildman–Crippen LogP) is 1.91. The highest BCUT2D eigenvalue weighted by Gasteiger charge is 2.33. The minimum absolute atomic E-state index is 0.205. The summed E-state index contributed by atoms with van der Waals surface area (Å²) >= 11 is 0. The van der Waals surface area contributed by atoms with Crippen molar-refractivity contribution in [3.63, 3.8) is 0 Å². The average molecular weight is 278 g/mol. The van der Waals surface area contributed by atoms with Gasteiger partial charge in [0.1, 0.15) is 5.76 Å². The molecule has 0 spiro atoms. The van der Waals surface area contributed by atoms with Crippen molar-refractivity contribution in [1.29, 1.82) is 0 Å². The molecule has 0 aromatic carbocycles. The predicted molar refractivity (Wildman–Crippen MR) is 74.6 cm³/mol. The van der Waals surface area contributed by atoms with Crippen molar-refractivity contribution in [1.82, 2.24) is 9.80 Å². The van der Waals surface area contributed by atoms with Crippen LogP contribution < -0.4 is 0 Å². The van der Waals surface area contributed by atoms with Crippen LogP contribution in [0.2, 0.25) is 0 Å². The van der Waals surface area contributed by atoms with Gasteiger partial charge in [0.25, 0.3) is 0 Å². The molecule has 0 aliphatic carbocycles. The first-order valence-electron chi connectivity index (χ1n) is 7.35. The molecule has 0 bridgehead atoms. The third-order valence-electron chi connectivity index (χ3n) is 4.59. The quantitative estimate of drug-likeness (QED) is 0.790. The van der Waals surface area contributed by atoms with Crippen LogP contribution in [-0.2, 0) is 4.74 Å². The third-order valence-corrected chi connectivity index (χ3v) is 4.59. The van der Waals surface area contributed by atoms with Gasteiger partial charge < -0.3 is 9.15 Å². The van der Waals surface area contributed by atoms with Gasteiger partial charge in [0, 0.05) is 25.7 Å². The third kappa shape index (κ3) is 2.47. The highest BCUT2D eigenvalue weighted by atomic mass is 16.5. The van der Waals surface area contributed by atoms with Gasteiger partial charge in [-0.3, -0.25) is 9.80 Å². The summed E-state index contributed by atoms with van der Waals surface area (Å²) in [7, 11) is 1.37. The van der Waals surface area contributed by atoms with E-state index < -0.39 is 5.97 Å². The lowest BCUT2D eigenvalue weighted by molar-refractivity contribution is 0.0539. The van der Waals surface area contributed by atoms with Crippen molar-refractivity contribution in [2.45, 2.75) is 31.8 Å². The van der Waals surface area contributed by atoms with Crippen LogP contribution in [0.1, 0.15) is 42.1 Å². The van der Waals surface area contributed by atoms with Crippen LogP contribution in [-0.4, -0.2) is 55.1 Å². The number of piperazine rings is 1. The number of carbonyl (C=O) groups is 1. The maximum absolute atomic E-state index is 11.4. The van der Waals surface area contributed by atoms with Gasteiger partial charge in [0.15, 0.2) is 0 Å². The van der Waals surface area contributed by atoms with Crippen LogP contribution in [0.5, 0.6) is 0 Å². The number of hydrogen-bond donors (Lipinski definition) is 0. The Morgan fingerprint density at radius 3 is 3.05 bits per heavy atom. The van der Waals surface area contributed by atoms with Gasteiger partial charge in [-0.2, -0.15) is 0 Å². The fourth-order valence-electron chi connectivity index (χ4n) is 3.33. The monoisotopic (exact) mass is 278 g/mol. The normalized spacial score (nSPS) is 25.4. The number of ether oxygens (including phenoxy) is 1. The molecule has 20 heavy (non-hydrogen) atoms. The van der Waals surface area contributed by atoms with Gasteiger partial charge in [-0.25, -0.2) is 4.79 Å². The molecular weight excluding hydrogens is 256 g/mol. The van der Waals surface area contributed by atoms with Gasteiger partial charge in [0.05, 0.1) is 13.2 Å². The van der Waals surface area contributed by atoms with E-state index in [2.05, 4.69) is 21.5 Å². The lowest BCUT2D eigenvalue weighted by Gasteiger charge is -2.39. The van der Waals surface area contributed by atoms with E-state index in [1.54, 1.807) is 6.07 Å². The molecule has 3 rings (SSSR count). The lowest BCUT2D eigenvalue weighted by Crippen LogP contribution is -2.50. The Bertz CT molecular complexity index is 485. The maximum Gasteiger partial charge on any atom is 0.373 e. The SMILES string of the molecule is COC(=O)c1ccc(C(C)N2CCN3CCCC3C2)o1. The van der Waals surface area contributed by atoms with Gasteiger partial charge in [-0.15, -0.1) is 0 Å². The van der Waals surface area contributed by atoms with Crippen LogP contribution in [0.25, 0.3) is 0 Å². The molecule has 2 atom stereocenters. The minimum Gasteiger partial charge on any atom is -0.463 e. The Morgan fingerprint density at radius 1 is 1.40 bits per heavy atom. The molecule has 5 heteroatoms. The van der Waals surface area contributed by atoms with E-state index in [1.165, 1.54) is 26.5 Å². The molecule has 0 radical (unpaired) electrons. The van der Waals surface area contributed by atoms with Gasteiger partial charge in [-0.1, -0.05) is 0 Å². The molecule has 1 aromatic rings. The van der Waals surface area contributed by atoms with E-state index in [1.807, 2.05) is 6.07 Å². The number of fused-ring (bicyclic) bond motifs is 1. The maximum atomic E-state index is 11.4. The fraction of sp³-hybridized carbons (Fsp3) is 0.667. The van der Waals surface area contributed by atoms with Crippen molar-refractivity contribution in [2.75, 3.05) is 33.3 Å². The number of methoxy groups -OCH3 is 1. The molecule has 2 saturated heterocycles. The Balaban J connectivity index is 1.67. The van der Waals surface area contributed by atoms with Crippen molar-refractivity contribution in [3.8, 4) is 0 Å². The summed E-state index contributed by atoms with van der Waals surface area (Å²) in [6, 6.07) is 4.49. The summed E-state index contributed by atoms with van der Waals surface area (Å²) in [5, 5.41) is 0. The molecule has 5 nitrogen and oxygen atoms in total. The molecule has 0 amide bonds. The Morgan fingerprint density at radius 2 is 2.25 bits per heavy atom. The highest BCUT2D eigenvalue weighted by Crippen LogP contribution is 2.28. The second-order valence-corrected chi connectivity index (χ2v) is 5.70. The summed E-state index contributed by atoms with van der Waals surface area (Å²) in [5.74, 6) is 0.717. The zero-order valence-electron chi connectivity index (χ0n) is 12.2. The topological polar surface area (TPSA) is 45.9 Å². The molecule has 2 unspecified atom stereocenters. The molecule has 110 valence electrons. The first kappa shape index (κ1) is 13.6. The van der Waals surface area contributed by atoms with E-state index in [4.69, 9.17) is 4.42 Å². The standard InChI is InChI=1S/C15H22N2O3/c1-11(13-5-6-14(20-13)15(18)19-2)17-9-8-16-7-3-4-12(16)10-17/h5-6,11-12H,3-4,7-10H2,1-2H3. The Hall–Kier alpha value is -1.33. The molecule has 1 aromatic heterocycles. The number of hydrogen-bond acceptors (Lipinski definition) is 5. The number of carbonyl (C=O) groups excluding carboxylic acids is 1. The summed E-state index contributed by atoms with van der Waals surface area (Å²) in [5.41, 5.74) is 0. The van der Waals surface area contributed by atoms with Crippen molar-refractivity contribution in [3.05, 3.63) is 23.7 Å². The van der Waals surface area contributed by atoms with Crippen molar-refractivity contribution >= 4 is 5.97 Å². The lowest BCUT2D eigenvalue weighted by atomic mass is 10.1. The second-order valence-electron chi connectivity index (χ2n) is 5.70.